The Morgan fingerprint density at radius 2 is 1.62 bits per heavy atom. The minimum atomic E-state index is -9.82. The van der Waals surface area contributed by atoms with E-state index in [2.05, 4.69) is 15.4 Å². The third-order valence-electron chi connectivity index (χ3n) is 5.68. The Balaban J connectivity index is 1.67. The van der Waals surface area contributed by atoms with Gasteiger partial charge in [-0.05, 0) is 60.2 Å². The number of nitrogens with zero attached hydrogens (tertiary/aromatic N) is 4. The number of halogens is 5. The predicted molar refractivity (Wildman–Crippen MR) is 139 cm³/mol. The first kappa shape index (κ1) is 28.3. The van der Waals surface area contributed by atoms with Gasteiger partial charge in [0.25, 0.3) is 0 Å². The average Bonchev–Trinajstić information content (AvgIpc) is 3.29. The lowest BCUT2D eigenvalue weighted by atomic mass is 10.1. The van der Waals surface area contributed by atoms with Crippen molar-refractivity contribution in [2.75, 3.05) is 19.5 Å². The third kappa shape index (κ3) is 6.49. The maximum atomic E-state index is 13.4. The molecular weight excluding hydrogens is 565 g/mol. The fourth-order valence-electron chi connectivity index (χ4n) is 3.64. The number of hydrogen-bond donors (Lipinski definition) is 1. The number of hydrogen-bond acceptors (Lipinski definition) is 6. The van der Waals surface area contributed by atoms with Crippen molar-refractivity contribution in [1.29, 1.82) is 0 Å². The molecule has 210 valence electrons. The van der Waals surface area contributed by atoms with E-state index < -0.39 is 25.1 Å². The number of aromatic nitrogens is 3. The van der Waals surface area contributed by atoms with Gasteiger partial charge in [0.2, 0.25) is 10.0 Å². The topological polar surface area (TPSA) is 89.4 Å². The molecule has 0 amide bonds. The molecular formula is C24H24F5N5O3S2. The molecule has 8 nitrogen and oxygen atoms in total. The second-order valence-electron chi connectivity index (χ2n) is 8.68. The number of nitrogens with one attached hydrogen (secondary N) is 1. The van der Waals surface area contributed by atoms with Gasteiger partial charge in [-0.3, -0.25) is 4.68 Å². The van der Waals surface area contributed by atoms with Crippen molar-refractivity contribution in [3.63, 3.8) is 0 Å². The molecule has 1 N–H and O–H groups in total. The van der Waals surface area contributed by atoms with Gasteiger partial charge in [0.15, 0.2) is 5.82 Å². The van der Waals surface area contributed by atoms with Crippen molar-refractivity contribution >= 4 is 31.6 Å². The molecule has 0 unspecified atom stereocenters. The monoisotopic (exact) mass is 589 g/mol. The molecule has 0 saturated heterocycles. The number of anilines is 2. The van der Waals surface area contributed by atoms with Crippen molar-refractivity contribution in [3.8, 4) is 17.1 Å². The van der Waals surface area contributed by atoms with Crippen molar-refractivity contribution in [3.05, 3.63) is 78.6 Å². The third-order valence-corrected chi connectivity index (χ3v) is 8.65. The van der Waals surface area contributed by atoms with Gasteiger partial charge in [-0.15, -0.1) is 0 Å². The summed E-state index contributed by atoms with van der Waals surface area (Å²) >= 11 is 0. The second-order valence-corrected chi connectivity index (χ2v) is 13.1. The zero-order valence-electron chi connectivity index (χ0n) is 20.9. The molecule has 3 aromatic carbocycles. The molecule has 0 spiro atoms. The van der Waals surface area contributed by atoms with Gasteiger partial charge in [-0.1, -0.05) is 31.6 Å². The van der Waals surface area contributed by atoms with Crippen LogP contribution in [0.3, 0.4) is 0 Å². The molecule has 0 atom stereocenters. The number of benzene rings is 3. The van der Waals surface area contributed by atoms with Crippen LogP contribution >= 0.6 is 10.2 Å². The van der Waals surface area contributed by atoms with Crippen LogP contribution in [0.1, 0.15) is 5.56 Å². The van der Waals surface area contributed by atoms with Crippen LogP contribution in [0.4, 0.5) is 30.8 Å². The van der Waals surface area contributed by atoms with Gasteiger partial charge in [0, 0.05) is 37.6 Å². The highest BCUT2D eigenvalue weighted by Gasteiger charge is 2.65. The van der Waals surface area contributed by atoms with Crippen molar-refractivity contribution in [2.24, 2.45) is 7.05 Å². The smallest absolute Gasteiger partial charge is 0.310 e. The minimum absolute atomic E-state index is 0.0602. The van der Waals surface area contributed by atoms with Crippen LogP contribution in [0.15, 0.2) is 82.8 Å². The van der Waals surface area contributed by atoms with Gasteiger partial charge in [-0.2, -0.15) is 9.40 Å². The zero-order valence-corrected chi connectivity index (χ0v) is 22.5. The fraction of sp³-hybridized carbons (Fsp3) is 0.167. The Morgan fingerprint density at radius 1 is 0.974 bits per heavy atom. The summed E-state index contributed by atoms with van der Waals surface area (Å²) in [5.74, 6) is 0.765. The Morgan fingerprint density at radius 3 is 2.15 bits per heavy atom. The average molecular weight is 590 g/mol. The molecule has 0 radical (unpaired) electrons. The summed E-state index contributed by atoms with van der Waals surface area (Å²) in [5.41, 5.74) is 1.26. The Bertz CT molecular complexity index is 1610. The van der Waals surface area contributed by atoms with Crippen molar-refractivity contribution < 1.29 is 32.6 Å². The Kier molecular flexibility index (Phi) is 6.68. The minimum Gasteiger partial charge on any atom is -0.497 e. The highest BCUT2D eigenvalue weighted by atomic mass is 32.5. The molecule has 1 aromatic heterocycles. The van der Waals surface area contributed by atoms with Crippen LogP contribution in [0.25, 0.3) is 11.4 Å². The first-order valence-corrected chi connectivity index (χ1v) is 14.6. The van der Waals surface area contributed by atoms with Gasteiger partial charge in [0.05, 0.1) is 12.0 Å². The van der Waals surface area contributed by atoms with Crippen LogP contribution in [-0.2, 0) is 23.6 Å². The largest absolute Gasteiger partial charge is 0.497 e. The molecule has 1 heterocycles. The van der Waals surface area contributed by atoms with E-state index in [9.17, 15) is 27.8 Å². The Hall–Kier alpha value is -3.69. The first-order chi connectivity index (χ1) is 18.0. The summed E-state index contributed by atoms with van der Waals surface area (Å²) in [7, 11) is -9.27. The molecule has 0 bridgehead atoms. The Labute approximate surface area is 221 Å². The predicted octanol–water partition coefficient (Wildman–Crippen LogP) is 6.71. The van der Waals surface area contributed by atoms with E-state index in [1.165, 1.54) is 43.4 Å². The molecule has 0 fully saturated rings. The molecule has 0 saturated carbocycles. The van der Waals surface area contributed by atoms with Gasteiger partial charge < -0.3 is 10.1 Å². The van der Waals surface area contributed by atoms with Crippen LogP contribution in [-0.4, -0.2) is 41.6 Å². The molecule has 0 aliphatic rings. The molecule has 4 rings (SSSR count). The van der Waals surface area contributed by atoms with Gasteiger partial charge in [0.1, 0.15) is 17.0 Å². The van der Waals surface area contributed by atoms with E-state index in [4.69, 9.17) is 4.74 Å². The normalized spacial score (nSPS) is 14.1. The maximum absolute atomic E-state index is 13.4. The lowest BCUT2D eigenvalue weighted by Gasteiger charge is -2.40. The number of methoxy groups -OCH3 is 1. The number of aryl methyl sites for hydroxylation is 1. The highest BCUT2D eigenvalue weighted by molar-refractivity contribution is 8.45. The van der Waals surface area contributed by atoms with Crippen molar-refractivity contribution in [2.45, 2.75) is 16.3 Å². The quantitative estimate of drug-likeness (QED) is 0.218. The molecule has 15 heteroatoms. The first-order valence-electron chi connectivity index (χ1n) is 11.2. The summed E-state index contributed by atoms with van der Waals surface area (Å²) in [6, 6.07) is 13.2. The summed E-state index contributed by atoms with van der Waals surface area (Å²) in [6.07, 6.45) is 1.39. The molecule has 0 aliphatic carbocycles. The van der Waals surface area contributed by atoms with Gasteiger partial charge >= 0.3 is 10.2 Å². The van der Waals surface area contributed by atoms with Crippen LogP contribution in [0.2, 0.25) is 0 Å². The van der Waals surface area contributed by atoms with Gasteiger partial charge in [-0.25, -0.2) is 13.4 Å². The summed E-state index contributed by atoms with van der Waals surface area (Å²) < 4.78 is 99.8. The second kappa shape index (κ2) is 9.20. The van der Waals surface area contributed by atoms with E-state index in [1.54, 1.807) is 31.3 Å². The summed E-state index contributed by atoms with van der Waals surface area (Å²) in [4.78, 5) is 2.05. The zero-order chi connectivity index (χ0) is 28.7. The summed E-state index contributed by atoms with van der Waals surface area (Å²) in [6.45, 7) is 0.0714. The summed E-state index contributed by atoms with van der Waals surface area (Å²) in [5, 5.41) is 7.04. The fourth-order valence-corrected chi connectivity index (χ4v) is 5.48. The lowest BCUT2D eigenvalue weighted by molar-refractivity contribution is 0.364. The van der Waals surface area contributed by atoms with Crippen LogP contribution < -0.4 is 10.1 Å². The van der Waals surface area contributed by atoms with Crippen molar-refractivity contribution in [1.82, 2.24) is 19.1 Å². The molecule has 0 aliphatic heterocycles. The molecule has 4 aromatic rings. The lowest BCUT2D eigenvalue weighted by Crippen LogP contribution is -2.26. The standard InChI is InChI=1S/C24H24F5N5O3S2/c1-33-16-30-24(32-33)22-14-20(38(35,36)34(2)15-17-4-8-19(37-3)9-5-17)10-13-23(22)31-18-6-11-21(12-7-18)39(25,26,27,28)29/h4-14,16,31H,15H2,1-3H3. The SMILES string of the molecule is COc1ccc(CN(C)S(=O)(=O)c2ccc(Nc3ccc(S(F)(F)(F)(F)F)cc3)c(-c3ncn(C)n3)c2)cc1. The van der Waals surface area contributed by atoms with Crippen LogP contribution in [0, 0.1) is 0 Å². The van der Waals surface area contributed by atoms with E-state index >= 15 is 0 Å². The highest BCUT2D eigenvalue weighted by Crippen LogP contribution is 3.02. The van der Waals surface area contributed by atoms with E-state index in [-0.39, 0.29) is 46.3 Å². The number of rotatable bonds is 9. The number of ether oxygens (including phenoxy) is 1. The van der Waals surface area contributed by atoms with E-state index in [0.29, 0.717) is 5.75 Å². The van der Waals surface area contributed by atoms with E-state index in [1.807, 2.05) is 0 Å². The van der Waals surface area contributed by atoms with Crippen LogP contribution in [0.5, 0.6) is 5.75 Å². The van der Waals surface area contributed by atoms with E-state index in [0.717, 1.165) is 22.0 Å². The molecule has 39 heavy (non-hydrogen) atoms. The maximum Gasteiger partial charge on any atom is 0.310 e. The number of sulfonamides is 1.